The summed E-state index contributed by atoms with van der Waals surface area (Å²) in [7, 11) is 1.58. The van der Waals surface area contributed by atoms with Gasteiger partial charge in [0.05, 0.1) is 12.7 Å². The number of methoxy groups -OCH3 is 1. The van der Waals surface area contributed by atoms with Crippen LogP contribution >= 0.6 is 0 Å². The first-order chi connectivity index (χ1) is 15.6. The second-order valence-corrected chi connectivity index (χ2v) is 8.62. The Morgan fingerprint density at radius 3 is 2.59 bits per heavy atom. The van der Waals surface area contributed by atoms with Crippen molar-refractivity contribution in [3.8, 4) is 5.75 Å². The molecule has 1 aromatic carbocycles. The number of benzene rings is 1. The van der Waals surface area contributed by atoms with Crippen LogP contribution in [0.1, 0.15) is 55.3 Å². The molecule has 2 N–H and O–H groups in total. The van der Waals surface area contributed by atoms with Crippen LogP contribution in [-0.4, -0.2) is 66.4 Å². The van der Waals surface area contributed by atoms with E-state index in [9.17, 15) is 14.4 Å². The van der Waals surface area contributed by atoms with Gasteiger partial charge >= 0.3 is 0 Å². The van der Waals surface area contributed by atoms with Gasteiger partial charge in [-0.3, -0.25) is 14.4 Å². The molecule has 2 aromatic rings. The predicted octanol–water partition coefficient (Wildman–Crippen LogP) is 2.82. The number of ketones is 1. The molecule has 0 spiro atoms. The van der Waals surface area contributed by atoms with Crippen LogP contribution in [0, 0.1) is 0 Å². The molecule has 32 heavy (non-hydrogen) atoms. The van der Waals surface area contributed by atoms with Gasteiger partial charge in [0.1, 0.15) is 12.3 Å². The number of amides is 2. The van der Waals surface area contributed by atoms with Crippen LogP contribution in [0.15, 0.2) is 24.4 Å². The first-order valence-electron chi connectivity index (χ1n) is 11.4. The molecule has 8 heteroatoms. The summed E-state index contributed by atoms with van der Waals surface area (Å²) in [5.41, 5.74) is 1.04. The lowest BCUT2D eigenvalue weighted by Gasteiger charge is -2.34. The molecule has 0 bridgehead atoms. The van der Waals surface area contributed by atoms with E-state index in [2.05, 4.69) is 10.3 Å². The van der Waals surface area contributed by atoms with Crippen molar-refractivity contribution in [3.05, 3.63) is 30.0 Å². The number of carbonyl (C=O) groups is 3. The summed E-state index contributed by atoms with van der Waals surface area (Å²) in [4.78, 5) is 43.9. The summed E-state index contributed by atoms with van der Waals surface area (Å²) in [5, 5.41) is 3.68. The third-order valence-corrected chi connectivity index (χ3v) is 6.50. The van der Waals surface area contributed by atoms with Crippen molar-refractivity contribution in [2.24, 2.45) is 0 Å². The molecule has 1 saturated heterocycles. The number of fused-ring (bicyclic) bond motifs is 1. The zero-order chi connectivity index (χ0) is 22.5. The number of H-pyrrole nitrogens is 1. The highest BCUT2D eigenvalue weighted by Crippen LogP contribution is 2.26. The molecule has 1 saturated carbocycles. The molecule has 1 aliphatic carbocycles. The van der Waals surface area contributed by atoms with E-state index in [1.165, 1.54) is 4.90 Å². The van der Waals surface area contributed by atoms with Gasteiger partial charge in [0.2, 0.25) is 5.91 Å². The van der Waals surface area contributed by atoms with E-state index < -0.39 is 11.7 Å². The molecule has 1 aromatic heterocycles. The normalized spacial score (nSPS) is 17.8. The molecule has 2 fully saturated rings. The SMILES string of the molecule is COc1ccc2c(C(=O)C(=O)N(CC(=O)NC3CCOCC3)C3CCCCC3)c[nH]c2c1. The molecule has 0 atom stereocenters. The Balaban J connectivity index is 1.52. The number of hydrogen-bond donors (Lipinski definition) is 2. The highest BCUT2D eigenvalue weighted by atomic mass is 16.5. The molecular weight excluding hydrogens is 410 g/mol. The lowest BCUT2D eigenvalue weighted by molar-refractivity contribution is -0.135. The van der Waals surface area contributed by atoms with Gasteiger partial charge in [-0.25, -0.2) is 0 Å². The number of hydrogen-bond acceptors (Lipinski definition) is 5. The maximum absolute atomic E-state index is 13.4. The maximum atomic E-state index is 13.4. The van der Waals surface area contributed by atoms with Crippen LogP contribution in [-0.2, 0) is 14.3 Å². The number of nitrogens with zero attached hydrogens (tertiary/aromatic N) is 1. The summed E-state index contributed by atoms with van der Waals surface area (Å²) >= 11 is 0. The van der Waals surface area contributed by atoms with E-state index in [4.69, 9.17) is 9.47 Å². The molecule has 1 aliphatic heterocycles. The highest BCUT2D eigenvalue weighted by molar-refractivity contribution is 6.45. The summed E-state index contributed by atoms with van der Waals surface area (Å²) < 4.78 is 10.6. The van der Waals surface area contributed by atoms with Crippen molar-refractivity contribution < 1.29 is 23.9 Å². The Hall–Kier alpha value is -2.87. The quantitative estimate of drug-likeness (QED) is 0.508. The van der Waals surface area contributed by atoms with Crippen molar-refractivity contribution in [2.45, 2.75) is 57.0 Å². The summed E-state index contributed by atoms with van der Waals surface area (Å²) in [6, 6.07) is 5.28. The van der Waals surface area contributed by atoms with Gasteiger partial charge in [-0.1, -0.05) is 19.3 Å². The van der Waals surface area contributed by atoms with Gasteiger partial charge in [-0.05, 0) is 37.8 Å². The fourth-order valence-corrected chi connectivity index (χ4v) is 4.70. The fourth-order valence-electron chi connectivity index (χ4n) is 4.70. The number of aromatic nitrogens is 1. The Kier molecular flexibility index (Phi) is 7.09. The topological polar surface area (TPSA) is 101 Å². The first kappa shape index (κ1) is 22.3. The van der Waals surface area contributed by atoms with Crippen molar-refractivity contribution in [3.63, 3.8) is 0 Å². The predicted molar refractivity (Wildman–Crippen MR) is 120 cm³/mol. The van der Waals surface area contributed by atoms with Crippen molar-refractivity contribution in [1.29, 1.82) is 0 Å². The lowest BCUT2D eigenvalue weighted by atomic mass is 9.93. The number of nitrogens with one attached hydrogen (secondary N) is 2. The molecular formula is C24H31N3O5. The molecule has 0 unspecified atom stereocenters. The summed E-state index contributed by atoms with van der Waals surface area (Å²) in [6.45, 7) is 1.16. The van der Waals surface area contributed by atoms with Crippen LogP contribution in [0.25, 0.3) is 10.9 Å². The van der Waals surface area contributed by atoms with Crippen LogP contribution in [0.3, 0.4) is 0 Å². The van der Waals surface area contributed by atoms with E-state index in [-0.39, 0.29) is 24.5 Å². The van der Waals surface area contributed by atoms with E-state index in [0.717, 1.165) is 50.5 Å². The number of carbonyl (C=O) groups excluding carboxylic acids is 3. The van der Waals surface area contributed by atoms with E-state index >= 15 is 0 Å². The molecule has 0 radical (unpaired) electrons. The Morgan fingerprint density at radius 1 is 1.12 bits per heavy atom. The molecule has 2 heterocycles. The van der Waals surface area contributed by atoms with Gasteiger partial charge in [0, 0.05) is 48.5 Å². The van der Waals surface area contributed by atoms with Gasteiger partial charge in [-0.15, -0.1) is 0 Å². The van der Waals surface area contributed by atoms with Gasteiger partial charge in [-0.2, -0.15) is 0 Å². The second kappa shape index (κ2) is 10.2. The van der Waals surface area contributed by atoms with Crippen molar-refractivity contribution >= 4 is 28.5 Å². The minimum Gasteiger partial charge on any atom is -0.497 e. The highest BCUT2D eigenvalue weighted by Gasteiger charge is 2.33. The molecule has 4 rings (SSSR count). The lowest BCUT2D eigenvalue weighted by Crippen LogP contribution is -2.51. The monoisotopic (exact) mass is 441 g/mol. The smallest absolute Gasteiger partial charge is 0.295 e. The van der Waals surface area contributed by atoms with E-state index in [1.54, 1.807) is 31.5 Å². The second-order valence-electron chi connectivity index (χ2n) is 8.62. The molecule has 2 aliphatic rings. The Morgan fingerprint density at radius 2 is 1.88 bits per heavy atom. The molecule has 2 amide bonds. The largest absolute Gasteiger partial charge is 0.497 e. The minimum atomic E-state index is -0.615. The van der Waals surface area contributed by atoms with E-state index in [1.807, 2.05) is 0 Å². The minimum absolute atomic E-state index is 0.0545. The maximum Gasteiger partial charge on any atom is 0.295 e. The number of rotatable bonds is 7. The standard InChI is InChI=1S/C24H31N3O5/c1-31-18-7-8-19-20(14-25-21(19)13-18)23(29)24(30)27(17-5-3-2-4-6-17)15-22(28)26-16-9-11-32-12-10-16/h7-8,13-14,16-17,25H,2-6,9-12,15H2,1H3,(H,26,28). The van der Waals surface area contributed by atoms with E-state index in [0.29, 0.717) is 29.9 Å². The number of aromatic amines is 1. The van der Waals surface area contributed by atoms with Gasteiger partial charge in [0.15, 0.2) is 0 Å². The summed E-state index contributed by atoms with van der Waals surface area (Å²) in [6.07, 6.45) is 7.83. The molecule has 8 nitrogen and oxygen atoms in total. The fraction of sp³-hybridized carbons (Fsp3) is 0.542. The van der Waals surface area contributed by atoms with Crippen molar-refractivity contribution in [1.82, 2.24) is 15.2 Å². The van der Waals surface area contributed by atoms with Gasteiger partial charge < -0.3 is 24.7 Å². The van der Waals surface area contributed by atoms with Crippen LogP contribution < -0.4 is 10.1 Å². The van der Waals surface area contributed by atoms with Crippen LogP contribution in [0.5, 0.6) is 5.75 Å². The number of ether oxygens (including phenoxy) is 2. The van der Waals surface area contributed by atoms with Gasteiger partial charge in [0.25, 0.3) is 11.7 Å². The zero-order valence-electron chi connectivity index (χ0n) is 18.5. The van der Waals surface area contributed by atoms with Crippen molar-refractivity contribution in [2.75, 3.05) is 26.9 Å². The average molecular weight is 442 g/mol. The van der Waals surface area contributed by atoms with Crippen LogP contribution in [0.4, 0.5) is 0 Å². The average Bonchev–Trinajstić information content (AvgIpc) is 3.26. The third kappa shape index (κ3) is 4.96. The Bertz CT molecular complexity index is 973. The number of Topliss-reactive ketones (excluding diaryl/α,β-unsaturated/α-hetero) is 1. The van der Waals surface area contributed by atoms with Crippen LogP contribution in [0.2, 0.25) is 0 Å². The third-order valence-electron chi connectivity index (χ3n) is 6.50. The summed E-state index contributed by atoms with van der Waals surface area (Å²) in [5.74, 6) is -0.757. The Labute approximate surface area is 187 Å². The zero-order valence-corrected chi connectivity index (χ0v) is 18.5. The molecule has 172 valence electrons. The first-order valence-corrected chi connectivity index (χ1v) is 11.4.